The third-order valence-electron chi connectivity index (χ3n) is 4.52. The van der Waals surface area contributed by atoms with Crippen molar-refractivity contribution >= 4 is 5.78 Å². The summed E-state index contributed by atoms with van der Waals surface area (Å²) in [4.78, 5) is 25.7. The Balaban J connectivity index is 2.21. The summed E-state index contributed by atoms with van der Waals surface area (Å²) in [7, 11) is 0. The molecule has 5 heteroatoms. The van der Waals surface area contributed by atoms with Crippen molar-refractivity contribution < 1.29 is 9.90 Å². The number of aromatic nitrogens is 1. The Morgan fingerprint density at radius 2 is 1.70 bits per heavy atom. The fourth-order valence-corrected chi connectivity index (χ4v) is 2.98. The van der Waals surface area contributed by atoms with Crippen LogP contribution in [0, 0.1) is 25.2 Å². The normalized spacial score (nSPS) is 10.4. The number of aromatic hydroxyl groups is 1. The largest absolute Gasteiger partial charge is 0.494 e. The molecule has 0 aliphatic carbocycles. The highest BCUT2D eigenvalue weighted by atomic mass is 16.3. The molecule has 0 amide bonds. The lowest BCUT2D eigenvalue weighted by Crippen LogP contribution is -2.27. The van der Waals surface area contributed by atoms with Gasteiger partial charge in [0, 0.05) is 5.56 Å². The topological polar surface area (TPSA) is 83.1 Å². The maximum absolute atomic E-state index is 13.0. The molecule has 2 aromatic carbocycles. The molecule has 5 nitrogen and oxygen atoms in total. The van der Waals surface area contributed by atoms with Crippen LogP contribution in [0.4, 0.5) is 0 Å². The second-order valence-electron chi connectivity index (χ2n) is 6.38. The van der Waals surface area contributed by atoms with E-state index in [0.717, 1.165) is 15.7 Å². The third kappa shape index (κ3) is 3.38. The molecule has 0 saturated heterocycles. The van der Waals surface area contributed by atoms with E-state index < -0.39 is 17.2 Å². The van der Waals surface area contributed by atoms with Crippen molar-refractivity contribution in [1.29, 1.82) is 5.26 Å². The molecule has 0 bridgehead atoms. The average molecular weight is 358 g/mol. The first-order valence-corrected chi connectivity index (χ1v) is 8.45. The zero-order valence-electron chi connectivity index (χ0n) is 15.1. The summed E-state index contributed by atoms with van der Waals surface area (Å²) >= 11 is 0. The van der Waals surface area contributed by atoms with E-state index in [1.807, 2.05) is 31.2 Å². The predicted octanol–water partition coefficient (Wildman–Crippen LogP) is 3.32. The van der Waals surface area contributed by atoms with Gasteiger partial charge in [0.25, 0.3) is 5.56 Å². The predicted molar refractivity (Wildman–Crippen MR) is 102 cm³/mol. The number of pyridine rings is 1. The van der Waals surface area contributed by atoms with Gasteiger partial charge < -0.3 is 5.11 Å². The standard InChI is InChI=1S/C22H18N2O3/c1-14-8-10-17(11-9-14)20(25)19-15(2)18(12-23)21(26)24(22(19)27)13-16-6-4-3-5-7-16/h3-11,27H,13H2,1-2H3. The van der Waals surface area contributed by atoms with Crippen LogP contribution in [0.25, 0.3) is 0 Å². The molecule has 1 aromatic heterocycles. The summed E-state index contributed by atoms with van der Waals surface area (Å²) < 4.78 is 1.07. The first kappa shape index (κ1) is 18.2. The minimum atomic E-state index is -0.614. The zero-order chi connectivity index (χ0) is 19.6. The van der Waals surface area contributed by atoms with Gasteiger partial charge in [0.1, 0.15) is 11.6 Å². The van der Waals surface area contributed by atoms with Crippen LogP contribution in [-0.2, 0) is 6.54 Å². The Kier molecular flexibility index (Phi) is 4.91. The Morgan fingerprint density at radius 1 is 1.07 bits per heavy atom. The first-order valence-electron chi connectivity index (χ1n) is 8.45. The van der Waals surface area contributed by atoms with Crippen LogP contribution >= 0.6 is 0 Å². The van der Waals surface area contributed by atoms with Crippen molar-refractivity contribution in [3.8, 4) is 11.9 Å². The van der Waals surface area contributed by atoms with Crippen LogP contribution < -0.4 is 5.56 Å². The molecule has 0 saturated carbocycles. The van der Waals surface area contributed by atoms with E-state index in [4.69, 9.17) is 0 Å². The molecule has 0 radical (unpaired) electrons. The van der Waals surface area contributed by atoms with Crippen molar-refractivity contribution in [2.24, 2.45) is 0 Å². The fraction of sp³-hybridized carbons (Fsp3) is 0.136. The number of nitrogens with zero attached hydrogens (tertiary/aromatic N) is 2. The van der Waals surface area contributed by atoms with Crippen molar-refractivity contribution in [1.82, 2.24) is 4.57 Å². The maximum atomic E-state index is 13.0. The molecule has 3 aromatic rings. The van der Waals surface area contributed by atoms with Crippen LogP contribution in [0.2, 0.25) is 0 Å². The van der Waals surface area contributed by atoms with Crippen molar-refractivity contribution in [2.75, 3.05) is 0 Å². The van der Waals surface area contributed by atoms with Gasteiger partial charge in [-0.05, 0) is 25.0 Å². The number of nitriles is 1. The Morgan fingerprint density at radius 3 is 2.30 bits per heavy atom. The lowest BCUT2D eigenvalue weighted by Gasteiger charge is -2.15. The molecule has 0 atom stereocenters. The minimum Gasteiger partial charge on any atom is -0.494 e. The van der Waals surface area contributed by atoms with E-state index in [-0.39, 0.29) is 23.2 Å². The van der Waals surface area contributed by atoms with Gasteiger partial charge in [0.2, 0.25) is 5.88 Å². The first-order chi connectivity index (χ1) is 12.9. The molecule has 1 heterocycles. The number of aryl methyl sites for hydroxylation is 1. The van der Waals surface area contributed by atoms with E-state index in [9.17, 15) is 20.0 Å². The van der Waals surface area contributed by atoms with Gasteiger partial charge in [-0.15, -0.1) is 0 Å². The molecule has 0 aliphatic heterocycles. The minimum absolute atomic E-state index is 0.0223. The van der Waals surface area contributed by atoms with Crippen LogP contribution in [0.5, 0.6) is 5.88 Å². The number of rotatable bonds is 4. The van der Waals surface area contributed by atoms with E-state index in [1.54, 1.807) is 36.4 Å². The number of carbonyl (C=O) groups is 1. The van der Waals surface area contributed by atoms with Gasteiger partial charge in [0.05, 0.1) is 12.1 Å². The quantitative estimate of drug-likeness (QED) is 0.725. The van der Waals surface area contributed by atoms with Crippen LogP contribution in [0.3, 0.4) is 0 Å². The highest BCUT2D eigenvalue weighted by Crippen LogP contribution is 2.25. The molecule has 1 N–H and O–H groups in total. The number of benzene rings is 2. The molecule has 0 spiro atoms. The second kappa shape index (κ2) is 7.30. The van der Waals surface area contributed by atoms with E-state index >= 15 is 0 Å². The summed E-state index contributed by atoms with van der Waals surface area (Å²) in [6.45, 7) is 3.48. The van der Waals surface area contributed by atoms with Gasteiger partial charge in [-0.25, -0.2) is 0 Å². The average Bonchev–Trinajstić information content (AvgIpc) is 2.67. The molecule has 27 heavy (non-hydrogen) atoms. The summed E-state index contributed by atoms with van der Waals surface area (Å²) in [5.74, 6) is -0.853. The molecule has 0 aliphatic rings. The summed E-state index contributed by atoms with van der Waals surface area (Å²) in [6.07, 6.45) is 0. The zero-order valence-corrected chi connectivity index (χ0v) is 15.1. The Labute approximate surface area is 156 Å². The van der Waals surface area contributed by atoms with Crippen molar-refractivity contribution in [2.45, 2.75) is 20.4 Å². The molecule has 0 unspecified atom stereocenters. The summed E-state index contributed by atoms with van der Waals surface area (Å²) in [5, 5.41) is 20.2. The van der Waals surface area contributed by atoms with Gasteiger partial charge in [-0.2, -0.15) is 5.26 Å². The van der Waals surface area contributed by atoms with Crippen LogP contribution in [0.15, 0.2) is 59.4 Å². The number of hydrogen-bond donors (Lipinski definition) is 1. The maximum Gasteiger partial charge on any atom is 0.271 e. The highest BCUT2D eigenvalue weighted by Gasteiger charge is 2.24. The number of carbonyl (C=O) groups excluding carboxylic acids is 1. The van der Waals surface area contributed by atoms with E-state index in [1.165, 1.54) is 6.92 Å². The smallest absolute Gasteiger partial charge is 0.271 e. The second-order valence-corrected chi connectivity index (χ2v) is 6.38. The highest BCUT2D eigenvalue weighted by molar-refractivity contribution is 6.11. The lowest BCUT2D eigenvalue weighted by molar-refractivity contribution is 0.103. The molecule has 134 valence electrons. The molecule has 3 rings (SSSR count). The van der Waals surface area contributed by atoms with E-state index in [0.29, 0.717) is 5.56 Å². The number of hydrogen-bond acceptors (Lipinski definition) is 4. The van der Waals surface area contributed by atoms with Gasteiger partial charge >= 0.3 is 0 Å². The molecular formula is C22H18N2O3. The summed E-state index contributed by atoms with van der Waals surface area (Å²) in [6, 6.07) is 17.9. The van der Waals surface area contributed by atoms with Gasteiger partial charge in [-0.1, -0.05) is 60.2 Å². The van der Waals surface area contributed by atoms with Crippen molar-refractivity contribution in [3.05, 3.63) is 98.3 Å². The number of ketones is 1. The van der Waals surface area contributed by atoms with Crippen molar-refractivity contribution in [3.63, 3.8) is 0 Å². The van der Waals surface area contributed by atoms with Crippen LogP contribution in [-0.4, -0.2) is 15.5 Å². The van der Waals surface area contributed by atoms with E-state index in [2.05, 4.69) is 0 Å². The van der Waals surface area contributed by atoms with Gasteiger partial charge in [-0.3, -0.25) is 14.2 Å². The SMILES string of the molecule is Cc1ccc(C(=O)c2c(C)c(C#N)c(=O)n(Cc3ccccc3)c2O)cc1. The monoisotopic (exact) mass is 358 g/mol. The molecular weight excluding hydrogens is 340 g/mol. The van der Waals surface area contributed by atoms with Crippen LogP contribution in [0.1, 0.15) is 38.2 Å². The lowest BCUT2D eigenvalue weighted by atomic mass is 9.96. The Bertz CT molecular complexity index is 1110. The third-order valence-corrected chi connectivity index (χ3v) is 4.52. The summed E-state index contributed by atoms with van der Waals surface area (Å²) in [5.41, 5.74) is 1.57. The molecule has 0 fully saturated rings. The fourth-order valence-electron chi connectivity index (χ4n) is 2.98. The Hall–Kier alpha value is -3.65. The van der Waals surface area contributed by atoms with Gasteiger partial charge in [0.15, 0.2) is 5.78 Å².